The van der Waals surface area contributed by atoms with E-state index in [1.807, 2.05) is 30.3 Å². The fourth-order valence-corrected chi connectivity index (χ4v) is 5.90. The molecule has 1 amide bonds. The molecule has 33 heavy (non-hydrogen) atoms. The summed E-state index contributed by atoms with van der Waals surface area (Å²) in [5.74, 6) is -0.349. The molecule has 0 aromatic heterocycles. The second kappa shape index (κ2) is 10.4. The summed E-state index contributed by atoms with van der Waals surface area (Å²) in [6.07, 6.45) is 0.876. The van der Waals surface area contributed by atoms with Gasteiger partial charge in [0.1, 0.15) is 6.07 Å². The second-order valence-corrected chi connectivity index (χ2v) is 10.3. The maximum Gasteiger partial charge on any atom is 0.244 e. The number of ether oxygens (including phenoxy) is 1. The van der Waals surface area contributed by atoms with Crippen LogP contribution in [0.25, 0.3) is 0 Å². The highest BCUT2D eigenvalue weighted by molar-refractivity contribution is 7.89. The van der Waals surface area contributed by atoms with Crippen molar-refractivity contribution in [3.8, 4) is 6.07 Å². The molecule has 2 saturated heterocycles. The molecular formula is C24H28N4O4S. The van der Waals surface area contributed by atoms with Crippen LogP contribution in [0.3, 0.4) is 0 Å². The zero-order valence-corrected chi connectivity index (χ0v) is 19.3. The lowest BCUT2D eigenvalue weighted by Gasteiger charge is -2.30. The Bertz CT molecular complexity index is 1130. The Hall–Kier alpha value is -2.77. The van der Waals surface area contributed by atoms with Gasteiger partial charge in [0.05, 0.1) is 23.7 Å². The van der Waals surface area contributed by atoms with E-state index < -0.39 is 10.0 Å². The molecule has 8 nitrogen and oxygen atoms in total. The number of amides is 1. The van der Waals surface area contributed by atoms with E-state index in [1.54, 1.807) is 12.1 Å². The summed E-state index contributed by atoms with van der Waals surface area (Å²) in [4.78, 5) is 15.2. The minimum Gasteiger partial charge on any atom is -0.379 e. The highest BCUT2D eigenvalue weighted by atomic mass is 32.2. The molecule has 0 bridgehead atoms. The summed E-state index contributed by atoms with van der Waals surface area (Å²) >= 11 is 0. The molecule has 0 unspecified atom stereocenters. The number of nitriles is 1. The van der Waals surface area contributed by atoms with Crippen molar-refractivity contribution in [1.82, 2.24) is 9.21 Å². The predicted octanol–water partition coefficient (Wildman–Crippen LogP) is 2.43. The molecule has 2 aromatic rings. The first-order valence-corrected chi connectivity index (χ1v) is 12.6. The van der Waals surface area contributed by atoms with E-state index in [4.69, 9.17) is 4.74 Å². The van der Waals surface area contributed by atoms with Crippen LogP contribution in [-0.4, -0.2) is 62.9 Å². The Morgan fingerprint density at radius 3 is 2.52 bits per heavy atom. The fourth-order valence-electron chi connectivity index (χ4n) is 4.29. The van der Waals surface area contributed by atoms with E-state index in [2.05, 4.69) is 10.2 Å². The van der Waals surface area contributed by atoms with Crippen LogP contribution in [0.2, 0.25) is 0 Å². The highest BCUT2D eigenvalue weighted by Crippen LogP contribution is 2.26. The molecule has 0 radical (unpaired) electrons. The quantitative estimate of drug-likeness (QED) is 0.699. The number of nitrogens with one attached hydrogen (secondary N) is 1. The average molecular weight is 469 g/mol. The first-order chi connectivity index (χ1) is 16.0. The summed E-state index contributed by atoms with van der Waals surface area (Å²) in [7, 11) is -3.77. The molecule has 2 aliphatic rings. The third-order valence-corrected chi connectivity index (χ3v) is 8.11. The van der Waals surface area contributed by atoms with Gasteiger partial charge < -0.3 is 10.1 Å². The summed E-state index contributed by atoms with van der Waals surface area (Å²) in [5, 5.41) is 12.3. The molecule has 1 N–H and O–H groups in total. The number of hydrogen-bond acceptors (Lipinski definition) is 6. The topological polar surface area (TPSA) is 103 Å². The van der Waals surface area contributed by atoms with Crippen LogP contribution in [0.1, 0.15) is 24.0 Å². The normalized spacial score (nSPS) is 18.5. The fraction of sp³-hybridized carbons (Fsp3) is 0.417. The number of hydrogen-bond donors (Lipinski definition) is 1. The maximum absolute atomic E-state index is 13.0. The number of benzene rings is 2. The van der Waals surface area contributed by atoms with Crippen LogP contribution in [-0.2, 0) is 26.1 Å². The number of nitrogens with zero attached hydrogens (tertiary/aromatic N) is 3. The van der Waals surface area contributed by atoms with Gasteiger partial charge in [0.25, 0.3) is 0 Å². The number of sulfonamides is 1. The number of anilines is 1. The van der Waals surface area contributed by atoms with Gasteiger partial charge in [-0.25, -0.2) is 8.42 Å². The van der Waals surface area contributed by atoms with Crippen LogP contribution in [0.4, 0.5) is 5.69 Å². The molecule has 0 spiro atoms. The molecule has 0 atom stereocenters. The van der Waals surface area contributed by atoms with E-state index in [0.717, 1.165) is 44.1 Å². The van der Waals surface area contributed by atoms with Gasteiger partial charge in [-0.3, -0.25) is 9.69 Å². The van der Waals surface area contributed by atoms with Crippen molar-refractivity contribution < 1.29 is 17.9 Å². The molecule has 0 saturated carbocycles. The lowest BCUT2D eigenvalue weighted by molar-refractivity contribution is -0.120. The van der Waals surface area contributed by atoms with Crippen LogP contribution in [0, 0.1) is 17.2 Å². The van der Waals surface area contributed by atoms with Crippen LogP contribution in [0.15, 0.2) is 53.4 Å². The van der Waals surface area contributed by atoms with Crippen LogP contribution < -0.4 is 5.32 Å². The molecule has 174 valence electrons. The van der Waals surface area contributed by atoms with E-state index in [0.29, 0.717) is 12.8 Å². The summed E-state index contributed by atoms with van der Waals surface area (Å²) in [6.45, 7) is 4.59. The van der Waals surface area contributed by atoms with Crippen molar-refractivity contribution in [3.05, 3.63) is 59.7 Å². The minimum absolute atomic E-state index is 0.0208. The number of morpholine rings is 1. The van der Waals surface area contributed by atoms with Gasteiger partial charge >= 0.3 is 0 Å². The van der Waals surface area contributed by atoms with Gasteiger partial charge in [0.15, 0.2) is 0 Å². The third kappa shape index (κ3) is 5.60. The lowest BCUT2D eigenvalue weighted by Crippen LogP contribution is -2.41. The van der Waals surface area contributed by atoms with Crippen LogP contribution >= 0.6 is 0 Å². The standard InChI is InChI=1S/C24H28N4O4S/c25-17-21-5-1-2-7-23(21)33(30,31)28-10-8-20(9-11-28)24(29)26-22-6-3-4-19(16-22)18-27-12-14-32-15-13-27/h1-7,16,20H,8-15,18H2,(H,26,29). The predicted molar refractivity (Wildman–Crippen MR) is 124 cm³/mol. The molecule has 2 heterocycles. The van der Waals surface area contributed by atoms with Gasteiger partial charge in [0, 0.05) is 44.3 Å². The summed E-state index contributed by atoms with van der Waals surface area (Å²) in [5.41, 5.74) is 2.02. The van der Waals surface area contributed by atoms with Gasteiger partial charge in [-0.05, 0) is 42.7 Å². The maximum atomic E-state index is 13.0. The van der Waals surface area contributed by atoms with Crippen molar-refractivity contribution >= 4 is 21.6 Å². The smallest absolute Gasteiger partial charge is 0.244 e. The van der Waals surface area contributed by atoms with Crippen molar-refractivity contribution in [2.45, 2.75) is 24.3 Å². The molecule has 2 aliphatic heterocycles. The molecule has 0 aliphatic carbocycles. The number of carbonyl (C=O) groups excluding carboxylic acids is 1. The van der Waals surface area contributed by atoms with E-state index in [9.17, 15) is 18.5 Å². The Morgan fingerprint density at radius 2 is 1.79 bits per heavy atom. The van der Waals surface area contributed by atoms with Gasteiger partial charge in [-0.1, -0.05) is 24.3 Å². The SMILES string of the molecule is N#Cc1ccccc1S(=O)(=O)N1CCC(C(=O)Nc2cccc(CN3CCOCC3)c2)CC1. The Balaban J connectivity index is 1.34. The number of carbonyl (C=O) groups is 1. The van der Waals surface area contributed by atoms with Crippen LogP contribution in [0.5, 0.6) is 0 Å². The molecular weight excluding hydrogens is 440 g/mol. The molecule has 9 heteroatoms. The Morgan fingerprint density at radius 1 is 1.06 bits per heavy atom. The molecule has 2 fully saturated rings. The lowest BCUT2D eigenvalue weighted by atomic mass is 9.97. The monoisotopic (exact) mass is 468 g/mol. The third-order valence-electron chi connectivity index (χ3n) is 6.15. The first-order valence-electron chi connectivity index (χ1n) is 11.2. The first kappa shape index (κ1) is 23.4. The Kier molecular flexibility index (Phi) is 7.40. The number of piperidine rings is 1. The minimum atomic E-state index is -3.77. The zero-order chi connectivity index (χ0) is 23.3. The largest absolute Gasteiger partial charge is 0.379 e. The van der Waals surface area contributed by atoms with Crippen molar-refractivity contribution in [2.24, 2.45) is 5.92 Å². The molecule has 2 aromatic carbocycles. The summed E-state index contributed by atoms with van der Waals surface area (Å²) in [6, 6.07) is 16.0. The average Bonchev–Trinajstić information content (AvgIpc) is 2.85. The zero-order valence-electron chi connectivity index (χ0n) is 18.4. The van der Waals surface area contributed by atoms with Crippen molar-refractivity contribution in [2.75, 3.05) is 44.7 Å². The van der Waals surface area contributed by atoms with E-state index in [-0.39, 0.29) is 35.4 Å². The van der Waals surface area contributed by atoms with Gasteiger partial charge in [-0.2, -0.15) is 9.57 Å². The molecule has 4 rings (SSSR count). The van der Waals surface area contributed by atoms with Gasteiger partial charge in [-0.15, -0.1) is 0 Å². The second-order valence-electron chi connectivity index (χ2n) is 8.36. The van der Waals surface area contributed by atoms with Gasteiger partial charge in [0.2, 0.25) is 15.9 Å². The van der Waals surface area contributed by atoms with E-state index in [1.165, 1.54) is 16.4 Å². The highest BCUT2D eigenvalue weighted by Gasteiger charge is 2.33. The van der Waals surface area contributed by atoms with E-state index >= 15 is 0 Å². The van der Waals surface area contributed by atoms with Crippen molar-refractivity contribution in [1.29, 1.82) is 5.26 Å². The van der Waals surface area contributed by atoms with Crippen molar-refractivity contribution in [3.63, 3.8) is 0 Å². The summed E-state index contributed by atoms with van der Waals surface area (Å²) < 4.78 is 32.8. The Labute approximate surface area is 194 Å². The number of rotatable bonds is 6.